The Kier molecular flexibility index (Phi) is 4.42. The first-order valence-electron chi connectivity index (χ1n) is 6.19. The van der Waals surface area contributed by atoms with Crippen LogP contribution in [0.4, 0.5) is 4.79 Å². The van der Waals surface area contributed by atoms with Gasteiger partial charge in [-0.1, -0.05) is 0 Å². The molecule has 0 aliphatic carbocycles. The average Bonchev–Trinajstić information content (AvgIpc) is 2.38. The number of nitrogens with zero attached hydrogens (tertiary/aromatic N) is 1. The molecule has 0 aromatic rings. The molecule has 0 atom stereocenters. The quantitative estimate of drug-likeness (QED) is 0.571. The van der Waals surface area contributed by atoms with Gasteiger partial charge in [-0.2, -0.15) is 4.89 Å². The maximum Gasteiger partial charge on any atom is 0.441 e. The molecule has 0 bridgehead atoms. The van der Waals surface area contributed by atoms with Gasteiger partial charge in [0.1, 0.15) is 6.10 Å². The SMILES string of the molecule is O=C(OOC1CCNCC1)N1CCCCC1. The maximum atomic E-state index is 11.6. The number of carbonyl (C=O) groups excluding carboxylic acids is 1. The Hall–Kier alpha value is -0.810. The van der Waals surface area contributed by atoms with E-state index in [4.69, 9.17) is 9.78 Å². The summed E-state index contributed by atoms with van der Waals surface area (Å²) in [6, 6.07) is 0. The molecular formula is C11H20N2O3. The third-order valence-electron chi connectivity index (χ3n) is 3.16. The Balaban J connectivity index is 1.65. The van der Waals surface area contributed by atoms with Crippen molar-refractivity contribution in [3.05, 3.63) is 0 Å². The standard InChI is InChI=1S/C11H20N2O3/c14-11(13-8-2-1-3-9-13)16-15-10-4-6-12-7-5-10/h10,12H,1-9H2. The molecule has 0 spiro atoms. The van der Waals surface area contributed by atoms with Crippen molar-refractivity contribution in [1.29, 1.82) is 0 Å². The molecule has 5 heteroatoms. The molecule has 5 nitrogen and oxygen atoms in total. The molecule has 2 aliphatic rings. The van der Waals surface area contributed by atoms with Crippen LogP contribution in [0.5, 0.6) is 0 Å². The lowest BCUT2D eigenvalue weighted by Crippen LogP contribution is -2.38. The van der Waals surface area contributed by atoms with Gasteiger partial charge in [0.25, 0.3) is 0 Å². The Morgan fingerprint density at radius 2 is 1.81 bits per heavy atom. The van der Waals surface area contributed by atoms with E-state index in [1.54, 1.807) is 4.90 Å². The second kappa shape index (κ2) is 6.06. The van der Waals surface area contributed by atoms with Crippen LogP contribution in [0.3, 0.4) is 0 Å². The molecule has 0 aromatic heterocycles. The third kappa shape index (κ3) is 3.35. The molecule has 1 amide bonds. The Bertz CT molecular complexity index is 223. The van der Waals surface area contributed by atoms with Crippen molar-refractivity contribution >= 4 is 6.09 Å². The zero-order chi connectivity index (χ0) is 11.2. The highest BCUT2D eigenvalue weighted by Crippen LogP contribution is 2.12. The van der Waals surface area contributed by atoms with E-state index in [2.05, 4.69) is 5.32 Å². The van der Waals surface area contributed by atoms with Crippen LogP contribution >= 0.6 is 0 Å². The van der Waals surface area contributed by atoms with E-state index in [0.29, 0.717) is 0 Å². The first kappa shape index (κ1) is 11.7. The van der Waals surface area contributed by atoms with Gasteiger partial charge in [0, 0.05) is 13.1 Å². The van der Waals surface area contributed by atoms with Crippen LogP contribution in [0.15, 0.2) is 0 Å². The number of piperidine rings is 2. The van der Waals surface area contributed by atoms with Crippen molar-refractivity contribution in [2.45, 2.75) is 38.2 Å². The molecule has 0 radical (unpaired) electrons. The summed E-state index contributed by atoms with van der Waals surface area (Å²) in [5.74, 6) is 0. The molecular weight excluding hydrogens is 208 g/mol. The third-order valence-corrected chi connectivity index (χ3v) is 3.16. The van der Waals surface area contributed by atoms with E-state index in [1.165, 1.54) is 6.42 Å². The number of carbonyl (C=O) groups is 1. The van der Waals surface area contributed by atoms with Crippen molar-refractivity contribution in [1.82, 2.24) is 10.2 Å². The molecule has 0 saturated carbocycles. The lowest BCUT2D eigenvalue weighted by molar-refractivity contribution is -0.283. The summed E-state index contributed by atoms with van der Waals surface area (Å²) < 4.78 is 0. The van der Waals surface area contributed by atoms with Crippen LogP contribution in [0.2, 0.25) is 0 Å². The average molecular weight is 228 g/mol. The van der Waals surface area contributed by atoms with E-state index in [-0.39, 0.29) is 12.2 Å². The summed E-state index contributed by atoms with van der Waals surface area (Å²) >= 11 is 0. The van der Waals surface area contributed by atoms with E-state index in [1.807, 2.05) is 0 Å². The molecule has 2 heterocycles. The van der Waals surface area contributed by atoms with Crippen molar-refractivity contribution in [2.75, 3.05) is 26.2 Å². The van der Waals surface area contributed by atoms with E-state index in [9.17, 15) is 4.79 Å². The first-order valence-corrected chi connectivity index (χ1v) is 6.19. The molecule has 16 heavy (non-hydrogen) atoms. The number of rotatable bonds is 2. The summed E-state index contributed by atoms with van der Waals surface area (Å²) in [4.78, 5) is 23.4. The lowest BCUT2D eigenvalue weighted by atomic mass is 10.1. The number of amides is 1. The molecule has 1 N–H and O–H groups in total. The van der Waals surface area contributed by atoms with Gasteiger partial charge in [0.05, 0.1) is 0 Å². The Labute approximate surface area is 96.0 Å². The monoisotopic (exact) mass is 228 g/mol. The van der Waals surface area contributed by atoms with E-state index in [0.717, 1.165) is 51.9 Å². The number of hydrogen-bond donors (Lipinski definition) is 1. The minimum Gasteiger partial charge on any atom is -0.317 e. The Morgan fingerprint density at radius 3 is 2.50 bits per heavy atom. The predicted molar refractivity (Wildman–Crippen MR) is 58.9 cm³/mol. The second-order valence-corrected chi connectivity index (χ2v) is 4.44. The van der Waals surface area contributed by atoms with Crippen LogP contribution < -0.4 is 5.32 Å². The fraction of sp³-hybridized carbons (Fsp3) is 0.909. The first-order chi connectivity index (χ1) is 7.86. The zero-order valence-corrected chi connectivity index (χ0v) is 9.61. The minimum atomic E-state index is -0.321. The van der Waals surface area contributed by atoms with Crippen LogP contribution in [0.1, 0.15) is 32.1 Å². The van der Waals surface area contributed by atoms with Crippen LogP contribution in [-0.2, 0) is 9.78 Å². The minimum absolute atomic E-state index is 0.0648. The topological polar surface area (TPSA) is 50.8 Å². The second-order valence-electron chi connectivity index (χ2n) is 4.44. The predicted octanol–water partition coefficient (Wildman–Crippen LogP) is 1.29. The van der Waals surface area contributed by atoms with Gasteiger partial charge in [0.2, 0.25) is 0 Å². The summed E-state index contributed by atoms with van der Waals surface area (Å²) in [7, 11) is 0. The largest absolute Gasteiger partial charge is 0.441 e. The number of hydrogen-bond acceptors (Lipinski definition) is 4. The molecule has 2 aliphatic heterocycles. The van der Waals surface area contributed by atoms with Gasteiger partial charge in [-0.05, 0) is 45.2 Å². The van der Waals surface area contributed by atoms with Gasteiger partial charge >= 0.3 is 6.09 Å². The van der Waals surface area contributed by atoms with Gasteiger partial charge < -0.3 is 10.2 Å². The molecule has 2 rings (SSSR count). The molecule has 0 unspecified atom stereocenters. The lowest BCUT2D eigenvalue weighted by Gasteiger charge is -2.26. The zero-order valence-electron chi connectivity index (χ0n) is 9.61. The van der Waals surface area contributed by atoms with E-state index >= 15 is 0 Å². The molecule has 2 saturated heterocycles. The van der Waals surface area contributed by atoms with Crippen LogP contribution in [-0.4, -0.2) is 43.3 Å². The van der Waals surface area contributed by atoms with Crippen molar-refractivity contribution < 1.29 is 14.6 Å². The fourth-order valence-electron chi connectivity index (χ4n) is 2.13. The molecule has 92 valence electrons. The van der Waals surface area contributed by atoms with Gasteiger partial charge in [-0.25, -0.2) is 4.79 Å². The van der Waals surface area contributed by atoms with Gasteiger partial charge in [-0.3, -0.25) is 4.89 Å². The summed E-state index contributed by atoms with van der Waals surface area (Å²) in [5.41, 5.74) is 0. The highest BCUT2D eigenvalue weighted by atomic mass is 17.2. The Morgan fingerprint density at radius 1 is 1.12 bits per heavy atom. The van der Waals surface area contributed by atoms with Gasteiger partial charge in [-0.15, -0.1) is 0 Å². The highest BCUT2D eigenvalue weighted by molar-refractivity contribution is 5.66. The summed E-state index contributed by atoms with van der Waals surface area (Å²) in [5, 5.41) is 3.23. The fourth-order valence-corrected chi connectivity index (χ4v) is 2.13. The van der Waals surface area contributed by atoms with E-state index < -0.39 is 0 Å². The van der Waals surface area contributed by atoms with Gasteiger partial charge in [0.15, 0.2) is 0 Å². The molecule has 2 fully saturated rings. The smallest absolute Gasteiger partial charge is 0.317 e. The summed E-state index contributed by atoms with van der Waals surface area (Å²) in [6.07, 6.45) is 4.91. The van der Waals surface area contributed by atoms with Crippen molar-refractivity contribution in [2.24, 2.45) is 0 Å². The highest BCUT2D eigenvalue weighted by Gasteiger charge is 2.21. The summed E-state index contributed by atoms with van der Waals surface area (Å²) in [6.45, 7) is 3.47. The van der Waals surface area contributed by atoms with Crippen molar-refractivity contribution in [3.8, 4) is 0 Å². The van der Waals surface area contributed by atoms with Crippen LogP contribution in [0, 0.1) is 0 Å². The normalized spacial score (nSPS) is 23.1. The maximum absolute atomic E-state index is 11.6. The van der Waals surface area contributed by atoms with Crippen LogP contribution in [0.25, 0.3) is 0 Å². The number of likely N-dealkylation sites (tertiary alicyclic amines) is 1. The number of nitrogens with one attached hydrogen (secondary N) is 1. The van der Waals surface area contributed by atoms with Crippen molar-refractivity contribution in [3.63, 3.8) is 0 Å². The molecule has 0 aromatic carbocycles.